The number of nitrogens with zero attached hydrogens (tertiary/aromatic N) is 1. The van der Waals surface area contributed by atoms with E-state index in [1.54, 1.807) is 6.20 Å². The summed E-state index contributed by atoms with van der Waals surface area (Å²) in [5.74, 6) is 0.731. The molecule has 2 N–H and O–H groups in total. The molecule has 1 aliphatic carbocycles. The highest BCUT2D eigenvalue weighted by molar-refractivity contribution is 5.20. The predicted octanol–water partition coefficient (Wildman–Crippen LogP) is 2.64. The summed E-state index contributed by atoms with van der Waals surface area (Å²) in [5, 5.41) is 0. The zero-order chi connectivity index (χ0) is 11.2. The first-order chi connectivity index (χ1) is 7.88. The topological polar surface area (TPSA) is 48.1 Å². The van der Waals surface area contributed by atoms with Gasteiger partial charge in [0.1, 0.15) is 6.10 Å². The Bertz CT molecular complexity index is 319. The first kappa shape index (κ1) is 11.4. The molecule has 1 aromatic heterocycles. The van der Waals surface area contributed by atoms with Crippen LogP contribution in [-0.2, 0) is 6.54 Å². The van der Waals surface area contributed by atoms with Crippen molar-refractivity contribution in [3.63, 3.8) is 0 Å². The zero-order valence-corrected chi connectivity index (χ0v) is 9.69. The van der Waals surface area contributed by atoms with Gasteiger partial charge in [-0.1, -0.05) is 12.8 Å². The molecule has 0 unspecified atom stereocenters. The van der Waals surface area contributed by atoms with Gasteiger partial charge in [-0.05, 0) is 37.3 Å². The van der Waals surface area contributed by atoms with Crippen LogP contribution in [0.25, 0.3) is 0 Å². The van der Waals surface area contributed by atoms with Crippen LogP contribution >= 0.6 is 0 Å². The van der Waals surface area contributed by atoms with Crippen molar-refractivity contribution in [3.05, 3.63) is 23.9 Å². The van der Waals surface area contributed by atoms with Crippen LogP contribution in [0.1, 0.15) is 44.1 Å². The lowest BCUT2D eigenvalue weighted by Crippen LogP contribution is -2.16. The van der Waals surface area contributed by atoms with Crippen LogP contribution in [0.3, 0.4) is 0 Å². The third-order valence-electron chi connectivity index (χ3n) is 3.12. The van der Waals surface area contributed by atoms with Crippen LogP contribution in [0.5, 0.6) is 5.88 Å². The Hall–Kier alpha value is -1.09. The van der Waals surface area contributed by atoms with E-state index in [1.165, 1.54) is 25.7 Å². The second-order valence-electron chi connectivity index (χ2n) is 4.44. The molecule has 1 heterocycles. The van der Waals surface area contributed by atoms with Gasteiger partial charge in [0.25, 0.3) is 0 Å². The minimum Gasteiger partial charge on any atom is -0.474 e. The molecule has 1 aromatic rings. The van der Waals surface area contributed by atoms with E-state index in [1.807, 2.05) is 12.1 Å². The van der Waals surface area contributed by atoms with E-state index in [4.69, 9.17) is 10.5 Å². The molecule has 3 nitrogen and oxygen atoms in total. The Morgan fingerprint density at radius 2 is 2.00 bits per heavy atom. The van der Waals surface area contributed by atoms with E-state index in [9.17, 15) is 0 Å². The summed E-state index contributed by atoms with van der Waals surface area (Å²) >= 11 is 0. The minimum absolute atomic E-state index is 0.350. The standard InChI is InChI=1S/C13H20N2O/c14-10-11-7-8-15-13(9-11)16-12-5-3-1-2-4-6-12/h7-9,12H,1-6,10,14H2. The molecule has 0 radical (unpaired) electrons. The monoisotopic (exact) mass is 220 g/mol. The summed E-state index contributed by atoms with van der Waals surface area (Å²) in [6, 6.07) is 3.88. The lowest BCUT2D eigenvalue weighted by molar-refractivity contribution is 0.176. The average molecular weight is 220 g/mol. The predicted molar refractivity (Wildman–Crippen MR) is 64.2 cm³/mol. The fourth-order valence-electron chi connectivity index (χ4n) is 2.17. The lowest BCUT2D eigenvalue weighted by atomic mass is 10.1. The SMILES string of the molecule is NCc1ccnc(OC2CCCCCC2)c1. The number of nitrogens with two attached hydrogens (primary N) is 1. The van der Waals surface area contributed by atoms with Crippen LogP contribution in [0.2, 0.25) is 0 Å². The van der Waals surface area contributed by atoms with Crippen molar-refractivity contribution in [1.29, 1.82) is 0 Å². The maximum absolute atomic E-state index is 5.91. The largest absolute Gasteiger partial charge is 0.474 e. The van der Waals surface area contributed by atoms with Crippen molar-refractivity contribution in [2.24, 2.45) is 5.73 Å². The van der Waals surface area contributed by atoms with Crippen molar-refractivity contribution in [3.8, 4) is 5.88 Å². The average Bonchev–Trinajstić information content (AvgIpc) is 2.58. The van der Waals surface area contributed by atoms with Crippen LogP contribution < -0.4 is 10.5 Å². The summed E-state index contributed by atoms with van der Waals surface area (Å²) in [6.07, 6.45) is 9.69. The van der Waals surface area contributed by atoms with Gasteiger partial charge >= 0.3 is 0 Å². The van der Waals surface area contributed by atoms with Crippen LogP contribution in [0.4, 0.5) is 0 Å². The van der Waals surface area contributed by atoms with Gasteiger partial charge in [0.2, 0.25) is 5.88 Å². The second kappa shape index (κ2) is 5.85. The van der Waals surface area contributed by atoms with E-state index in [0.29, 0.717) is 12.6 Å². The van der Waals surface area contributed by atoms with E-state index in [2.05, 4.69) is 4.98 Å². The highest BCUT2D eigenvalue weighted by Crippen LogP contribution is 2.21. The van der Waals surface area contributed by atoms with Crippen LogP contribution in [0, 0.1) is 0 Å². The van der Waals surface area contributed by atoms with E-state index in [0.717, 1.165) is 24.3 Å². The van der Waals surface area contributed by atoms with Crippen molar-refractivity contribution < 1.29 is 4.74 Å². The zero-order valence-electron chi connectivity index (χ0n) is 9.69. The maximum atomic E-state index is 5.91. The first-order valence-electron chi connectivity index (χ1n) is 6.20. The van der Waals surface area contributed by atoms with Gasteiger partial charge < -0.3 is 10.5 Å². The summed E-state index contributed by atoms with van der Waals surface area (Å²) in [5.41, 5.74) is 6.68. The molecular weight excluding hydrogens is 200 g/mol. The summed E-state index contributed by atoms with van der Waals surface area (Å²) in [6.45, 7) is 0.545. The van der Waals surface area contributed by atoms with Gasteiger partial charge in [-0.25, -0.2) is 4.98 Å². The molecule has 16 heavy (non-hydrogen) atoms. The summed E-state index contributed by atoms with van der Waals surface area (Å²) < 4.78 is 5.91. The molecule has 0 bridgehead atoms. The smallest absolute Gasteiger partial charge is 0.213 e. The quantitative estimate of drug-likeness (QED) is 0.797. The van der Waals surface area contributed by atoms with Crippen LogP contribution in [-0.4, -0.2) is 11.1 Å². The number of ether oxygens (including phenoxy) is 1. The Morgan fingerprint density at radius 3 is 2.69 bits per heavy atom. The van der Waals surface area contributed by atoms with Gasteiger partial charge in [0.05, 0.1) is 0 Å². The number of hydrogen-bond acceptors (Lipinski definition) is 3. The number of hydrogen-bond donors (Lipinski definition) is 1. The highest BCUT2D eigenvalue weighted by atomic mass is 16.5. The summed E-state index contributed by atoms with van der Waals surface area (Å²) in [7, 11) is 0. The molecule has 3 heteroatoms. The summed E-state index contributed by atoms with van der Waals surface area (Å²) in [4.78, 5) is 4.23. The van der Waals surface area contributed by atoms with Crippen molar-refractivity contribution in [2.45, 2.75) is 51.2 Å². The minimum atomic E-state index is 0.350. The van der Waals surface area contributed by atoms with Gasteiger partial charge in [0.15, 0.2) is 0 Å². The van der Waals surface area contributed by atoms with E-state index < -0.39 is 0 Å². The molecule has 1 saturated carbocycles. The van der Waals surface area contributed by atoms with Crippen LogP contribution in [0.15, 0.2) is 18.3 Å². The Balaban J connectivity index is 1.96. The molecule has 1 fully saturated rings. The molecule has 0 aliphatic heterocycles. The Kier molecular flexibility index (Phi) is 4.17. The van der Waals surface area contributed by atoms with Gasteiger partial charge in [-0.2, -0.15) is 0 Å². The van der Waals surface area contributed by atoms with Gasteiger partial charge in [-0.3, -0.25) is 0 Å². The van der Waals surface area contributed by atoms with Crippen molar-refractivity contribution in [2.75, 3.05) is 0 Å². The molecule has 0 atom stereocenters. The second-order valence-corrected chi connectivity index (χ2v) is 4.44. The molecule has 0 saturated heterocycles. The molecule has 1 aliphatic rings. The Morgan fingerprint density at radius 1 is 1.25 bits per heavy atom. The lowest BCUT2D eigenvalue weighted by Gasteiger charge is -2.16. The normalized spacial score (nSPS) is 18.1. The number of rotatable bonds is 3. The van der Waals surface area contributed by atoms with Crippen molar-refractivity contribution in [1.82, 2.24) is 4.98 Å². The van der Waals surface area contributed by atoms with E-state index >= 15 is 0 Å². The van der Waals surface area contributed by atoms with Gasteiger partial charge in [0, 0.05) is 18.8 Å². The fraction of sp³-hybridized carbons (Fsp3) is 0.615. The molecule has 2 rings (SSSR count). The van der Waals surface area contributed by atoms with E-state index in [-0.39, 0.29) is 0 Å². The number of pyridine rings is 1. The first-order valence-corrected chi connectivity index (χ1v) is 6.20. The molecule has 0 spiro atoms. The Labute approximate surface area is 97.0 Å². The molecular formula is C13H20N2O. The van der Waals surface area contributed by atoms with Gasteiger partial charge in [-0.15, -0.1) is 0 Å². The third kappa shape index (κ3) is 3.20. The molecule has 0 aromatic carbocycles. The maximum Gasteiger partial charge on any atom is 0.213 e. The molecule has 88 valence electrons. The highest BCUT2D eigenvalue weighted by Gasteiger charge is 2.14. The third-order valence-corrected chi connectivity index (χ3v) is 3.12. The molecule has 0 amide bonds. The number of aromatic nitrogens is 1. The fourth-order valence-corrected chi connectivity index (χ4v) is 2.17. The van der Waals surface area contributed by atoms with Crippen molar-refractivity contribution >= 4 is 0 Å².